The Balaban J connectivity index is 1.75. The third kappa shape index (κ3) is 4.31. The fraction of sp³-hybridized carbons (Fsp3) is 0. The van der Waals surface area contributed by atoms with E-state index in [-0.39, 0.29) is 11.6 Å². The van der Waals surface area contributed by atoms with Crippen molar-refractivity contribution in [3.63, 3.8) is 0 Å². The van der Waals surface area contributed by atoms with E-state index in [4.69, 9.17) is 16.9 Å². The first-order valence-electron chi connectivity index (χ1n) is 7.30. The summed E-state index contributed by atoms with van der Waals surface area (Å²) in [5.41, 5.74) is 2.05. The second-order valence-electron chi connectivity index (χ2n) is 5.07. The summed E-state index contributed by atoms with van der Waals surface area (Å²) in [6.45, 7) is 0. The summed E-state index contributed by atoms with van der Waals surface area (Å²) in [4.78, 5) is 20.4. The first-order valence-corrected chi connectivity index (χ1v) is 7.68. The van der Waals surface area contributed by atoms with Crippen LogP contribution in [0, 0.1) is 11.3 Å². The number of nitriles is 1. The minimum Gasteiger partial charge on any atom is -0.340 e. The van der Waals surface area contributed by atoms with E-state index >= 15 is 0 Å². The third-order valence-electron chi connectivity index (χ3n) is 3.27. The van der Waals surface area contributed by atoms with E-state index in [9.17, 15) is 4.79 Å². The first-order chi connectivity index (χ1) is 12.1. The maximum absolute atomic E-state index is 12.3. The van der Waals surface area contributed by atoms with Crippen LogP contribution in [0.5, 0.6) is 0 Å². The van der Waals surface area contributed by atoms with Crippen molar-refractivity contribution in [2.75, 3.05) is 10.6 Å². The number of nitrogens with one attached hydrogen (secondary N) is 2. The van der Waals surface area contributed by atoms with Crippen LogP contribution in [0.3, 0.4) is 0 Å². The number of aromatic nitrogens is 2. The van der Waals surface area contributed by atoms with Crippen molar-refractivity contribution in [1.82, 2.24) is 9.97 Å². The molecule has 0 aliphatic carbocycles. The van der Waals surface area contributed by atoms with Gasteiger partial charge in [0, 0.05) is 22.5 Å². The van der Waals surface area contributed by atoms with Crippen LogP contribution in [-0.2, 0) is 0 Å². The number of nitrogens with zero attached hydrogens (tertiary/aromatic N) is 3. The van der Waals surface area contributed by atoms with Gasteiger partial charge >= 0.3 is 0 Å². The van der Waals surface area contributed by atoms with Gasteiger partial charge in [0.25, 0.3) is 5.91 Å². The smallest absolute Gasteiger partial charge is 0.274 e. The van der Waals surface area contributed by atoms with Gasteiger partial charge in [0.1, 0.15) is 17.8 Å². The Labute approximate surface area is 149 Å². The number of amides is 1. The Kier molecular flexibility index (Phi) is 4.88. The van der Waals surface area contributed by atoms with Crippen LogP contribution in [0.25, 0.3) is 0 Å². The molecule has 0 bridgehead atoms. The summed E-state index contributed by atoms with van der Waals surface area (Å²) in [7, 11) is 0. The Morgan fingerprint density at radius 2 is 1.84 bits per heavy atom. The molecule has 3 rings (SSSR count). The predicted octanol–water partition coefficient (Wildman–Crippen LogP) is 4.00. The summed E-state index contributed by atoms with van der Waals surface area (Å²) >= 11 is 5.82. The standard InChI is InChI=1S/C18H12ClN5O/c19-13-4-6-14(7-5-13)24-18(25)16-9-17(22-11-21-16)23-15-3-1-2-12(8-15)10-20/h1-9,11H,(H,24,25)(H,21,22,23). The number of benzene rings is 2. The molecule has 0 radical (unpaired) electrons. The molecule has 2 N–H and O–H groups in total. The van der Waals surface area contributed by atoms with Crippen molar-refractivity contribution in [1.29, 1.82) is 5.26 Å². The van der Waals surface area contributed by atoms with Gasteiger partial charge in [-0.2, -0.15) is 5.26 Å². The molecule has 1 heterocycles. The van der Waals surface area contributed by atoms with Crippen molar-refractivity contribution in [2.24, 2.45) is 0 Å². The van der Waals surface area contributed by atoms with Crippen LogP contribution >= 0.6 is 11.6 Å². The van der Waals surface area contributed by atoms with E-state index in [1.54, 1.807) is 48.5 Å². The number of hydrogen-bond donors (Lipinski definition) is 2. The molecule has 0 saturated heterocycles. The molecule has 0 spiro atoms. The molecule has 1 aromatic heterocycles. The molecule has 1 amide bonds. The van der Waals surface area contributed by atoms with Crippen LogP contribution in [0.2, 0.25) is 5.02 Å². The quantitative estimate of drug-likeness (QED) is 0.743. The summed E-state index contributed by atoms with van der Waals surface area (Å²) in [6.07, 6.45) is 1.30. The molecule has 0 aliphatic heterocycles. The average Bonchev–Trinajstić information content (AvgIpc) is 2.64. The number of carbonyl (C=O) groups is 1. The molecule has 6 nitrogen and oxygen atoms in total. The van der Waals surface area contributed by atoms with Crippen LogP contribution in [0.15, 0.2) is 60.9 Å². The molecule has 0 aliphatic rings. The third-order valence-corrected chi connectivity index (χ3v) is 3.52. The molecule has 3 aromatic rings. The fourth-order valence-electron chi connectivity index (χ4n) is 2.09. The molecule has 7 heteroatoms. The highest BCUT2D eigenvalue weighted by Gasteiger charge is 2.09. The van der Waals surface area contributed by atoms with Gasteiger partial charge in [-0.1, -0.05) is 17.7 Å². The zero-order valence-corrected chi connectivity index (χ0v) is 13.7. The number of halogens is 1. The van der Waals surface area contributed by atoms with E-state index in [2.05, 4.69) is 26.7 Å². The highest BCUT2D eigenvalue weighted by Crippen LogP contribution is 2.17. The van der Waals surface area contributed by atoms with Gasteiger partial charge in [-0.3, -0.25) is 4.79 Å². The predicted molar refractivity (Wildman–Crippen MR) is 95.9 cm³/mol. The minimum atomic E-state index is -0.362. The molecule has 0 unspecified atom stereocenters. The zero-order chi connectivity index (χ0) is 17.6. The summed E-state index contributed by atoms with van der Waals surface area (Å²) < 4.78 is 0. The van der Waals surface area contributed by atoms with E-state index in [0.717, 1.165) is 0 Å². The van der Waals surface area contributed by atoms with Gasteiger partial charge in [0.05, 0.1) is 11.6 Å². The van der Waals surface area contributed by atoms with E-state index < -0.39 is 0 Å². The van der Waals surface area contributed by atoms with Crippen LogP contribution in [-0.4, -0.2) is 15.9 Å². The summed E-state index contributed by atoms with van der Waals surface area (Å²) in [5, 5.41) is 15.3. The van der Waals surface area contributed by atoms with Gasteiger partial charge in [-0.25, -0.2) is 9.97 Å². The van der Waals surface area contributed by atoms with Crippen molar-refractivity contribution < 1.29 is 4.79 Å². The number of carbonyl (C=O) groups excluding carboxylic acids is 1. The Morgan fingerprint density at radius 3 is 2.60 bits per heavy atom. The molecule has 0 saturated carbocycles. The largest absolute Gasteiger partial charge is 0.340 e. The summed E-state index contributed by atoms with van der Waals surface area (Å²) in [5.74, 6) is 0.0879. The lowest BCUT2D eigenvalue weighted by atomic mass is 10.2. The topological polar surface area (TPSA) is 90.7 Å². The van der Waals surface area contributed by atoms with E-state index in [1.165, 1.54) is 12.4 Å². The molecular formula is C18H12ClN5O. The van der Waals surface area contributed by atoms with E-state index in [1.807, 2.05) is 0 Å². The lowest BCUT2D eigenvalue weighted by molar-refractivity contribution is 0.102. The van der Waals surface area contributed by atoms with Crippen molar-refractivity contribution >= 4 is 34.7 Å². The van der Waals surface area contributed by atoms with Gasteiger partial charge < -0.3 is 10.6 Å². The molecule has 0 atom stereocenters. The second kappa shape index (κ2) is 7.43. The molecular weight excluding hydrogens is 338 g/mol. The van der Waals surface area contributed by atoms with Crippen molar-refractivity contribution in [3.05, 3.63) is 77.2 Å². The Bertz CT molecular complexity index is 950. The van der Waals surface area contributed by atoms with Crippen LogP contribution in [0.1, 0.15) is 16.1 Å². The maximum Gasteiger partial charge on any atom is 0.274 e. The molecule has 2 aromatic carbocycles. The Morgan fingerprint density at radius 1 is 1.04 bits per heavy atom. The highest BCUT2D eigenvalue weighted by atomic mass is 35.5. The number of anilines is 3. The number of rotatable bonds is 4. The van der Waals surface area contributed by atoms with Crippen LogP contribution in [0.4, 0.5) is 17.2 Å². The second-order valence-corrected chi connectivity index (χ2v) is 5.50. The SMILES string of the molecule is N#Cc1cccc(Nc2cc(C(=O)Nc3ccc(Cl)cc3)ncn2)c1. The van der Waals surface area contributed by atoms with Gasteiger partial charge in [0.15, 0.2) is 0 Å². The zero-order valence-electron chi connectivity index (χ0n) is 12.9. The first kappa shape index (κ1) is 16.4. The molecule has 25 heavy (non-hydrogen) atoms. The highest BCUT2D eigenvalue weighted by molar-refractivity contribution is 6.30. The lowest BCUT2D eigenvalue weighted by Crippen LogP contribution is -2.14. The minimum absolute atomic E-state index is 0.212. The van der Waals surface area contributed by atoms with Crippen LogP contribution < -0.4 is 10.6 Å². The summed E-state index contributed by atoms with van der Waals surface area (Å²) in [6, 6.07) is 17.3. The van der Waals surface area contributed by atoms with Gasteiger partial charge in [0.2, 0.25) is 0 Å². The average molecular weight is 350 g/mol. The molecule has 0 fully saturated rings. The fourth-order valence-corrected chi connectivity index (χ4v) is 2.22. The normalized spacial score (nSPS) is 9.92. The maximum atomic E-state index is 12.3. The van der Waals surface area contributed by atoms with Gasteiger partial charge in [-0.15, -0.1) is 0 Å². The van der Waals surface area contributed by atoms with Crippen molar-refractivity contribution in [3.8, 4) is 6.07 Å². The van der Waals surface area contributed by atoms with E-state index in [0.29, 0.717) is 27.8 Å². The number of hydrogen-bond acceptors (Lipinski definition) is 5. The monoisotopic (exact) mass is 349 g/mol. The molecule has 122 valence electrons. The van der Waals surface area contributed by atoms with Crippen molar-refractivity contribution in [2.45, 2.75) is 0 Å². The Hall–Kier alpha value is -3.43. The van der Waals surface area contributed by atoms with Gasteiger partial charge in [-0.05, 0) is 42.5 Å². The lowest BCUT2D eigenvalue weighted by Gasteiger charge is -2.08.